The number of hydrogen-bond acceptors (Lipinski definition) is 4. The lowest BCUT2D eigenvalue weighted by molar-refractivity contribution is 0.0751. The molecule has 84 valence electrons. The van der Waals surface area contributed by atoms with E-state index in [2.05, 4.69) is 10.3 Å². The SMILES string of the molecule is c1ccc2oc(CC3COCCN3)nc2c1. The van der Waals surface area contributed by atoms with Gasteiger partial charge in [-0.1, -0.05) is 12.1 Å². The molecule has 4 heteroatoms. The number of benzene rings is 1. The largest absolute Gasteiger partial charge is 0.441 e. The molecule has 4 nitrogen and oxygen atoms in total. The minimum absolute atomic E-state index is 0.321. The summed E-state index contributed by atoms with van der Waals surface area (Å²) >= 11 is 0. The molecule has 1 aromatic carbocycles. The van der Waals surface area contributed by atoms with Crippen molar-refractivity contribution in [2.45, 2.75) is 12.5 Å². The molecule has 1 aromatic heterocycles. The van der Waals surface area contributed by atoms with Crippen LogP contribution in [0.3, 0.4) is 0 Å². The third-order valence-corrected chi connectivity index (χ3v) is 2.76. The monoisotopic (exact) mass is 218 g/mol. The highest BCUT2D eigenvalue weighted by Gasteiger charge is 2.16. The molecule has 1 saturated heterocycles. The Morgan fingerprint density at radius 2 is 2.31 bits per heavy atom. The lowest BCUT2D eigenvalue weighted by atomic mass is 10.2. The number of nitrogens with one attached hydrogen (secondary N) is 1. The second-order valence-corrected chi connectivity index (χ2v) is 4.01. The molecule has 0 spiro atoms. The number of hydrogen-bond donors (Lipinski definition) is 1. The van der Waals surface area contributed by atoms with Gasteiger partial charge >= 0.3 is 0 Å². The van der Waals surface area contributed by atoms with Gasteiger partial charge in [0.1, 0.15) is 5.52 Å². The first kappa shape index (κ1) is 9.81. The minimum atomic E-state index is 0.321. The molecule has 0 aliphatic carbocycles. The molecule has 3 rings (SSSR count). The zero-order valence-corrected chi connectivity index (χ0v) is 8.98. The number of ether oxygens (including phenoxy) is 1. The maximum atomic E-state index is 5.66. The van der Waals surface area contributed by atoms with Crippen molar-refractivity contribution in [3.05, 3.63) is 30.2 Å². The van der Waals surface area contributed by atoms with E-state index in [1.54, 1.807) is 0 Å². The molecule has 1 fully saturated rings. The zero-order chi connectivity index (χ0) is 10.8. The van der Waals surface area contributed by atoms with Crippen molar-refractivity contribution in [2.75, 3.05) is 19.8 Å². The first-order valence-corrected chi connectivity index (χ1v) is 5.57. The fourth-order valence-electron chi connectivity index (χ4n) is 1.97. The quantitative estimate of drug-likeness (QED) is 0.826. The van der Waals surface area contributed by atoms with Crippen LogP contribution in [0.4, 0.5) is 0 Å². The number of fused-ring (bicyclic) bond motifs is 1. The highest BCUT2D eigenvalue weighted by atomic mass is 16.5. The van der Waals surface area contributed by atoms with Crippen LogP contribution in [-0.2, 0) is 11.2 Å². The molecule has 0 amide bonds. The predicted molar refractivity (Wildman–Crippen MR) is 60.3 cm³/mol. The van der Waals surface area contributed by atoms with E-state index >= 15 is 0 Å². The number of nitrogens with zero attached hydrogens (tertiary/aromatic N) is 1. The second-order valence-electron chi connectivity index (χ2n) is 4.01. The fraction of sp³-hybridized carbons (Fsp3) is 0.417. The van der Waals surface area contributed by atoms with Crippen LogP contribution < -0.4 is 5.32 Å². The summed E-state index contributed by atoms with van der Waals surface area (Å²) < 4.78 is 11.1. The summed E-state index contributed by atoms with van der Waals surface area (Å²) in [6.07, 6.45) is 0.786. The molecular weight excluding hydrogens is 204 g/mol. The van der Waals surface area contributed by atoms with Gasteiger partial charge in [-0.3, -0.25) is 0 Å². The molecule has 1 atom stereocenters. The van der Waals surface area contributed by atoms with Gasteiger partial charge in [0.2, 0.25) is 0 Å². The Bertz CT molecular complexity index is 442. The van der Waals surface area contributed by atoms with Crippen LogP contribution >= 0.6 is 0 Å². The summed E-state index contributed by atoms with van der Waals surface area (Å²) in [5.41, 5.74) is 1.78. The van der Waals surface area contributed by atoms with Crippen LogP contribution in [-0.4, -0.2) is 30.8 Å². The van der Waals surface area contributed by atoms with Gasteiger partial charge in [0.05, 0.1) is 13.2 Å². The van der Waals surface area contributed by atoms with E-state index in [0.717, 1.165) is 43.2 Å². The van der Waals surface area contributed by atoms with E-state index in [1.165, 1.54) is 0 Å². The first-order valence-electron chi connectivity index (χ1n) is 5.57. The van der Waals surface area contributed by atoms with E-state index in [0.29, 0.717) is 6.04 Å². The Morgan fingerprint density at radius 3 is 3.12 bits per heavy atom. The van der Waals surface area contributed by atoms with Crippen LogP contribution in [0.2, 0.25) is 0 Å². The van der Waals surface area contributed by atoms with E-state index in [-0.39, 0.29) is 0 Å². The van der Waals surface area contributed by atoms with Crippen molar-refractivity contribution in [3.8, 4) is 0 Å². The number of para-hydroxylation sites is 2. The Morgan fingerprint density at radius 1 is 1.38 bits per heavy atom. The van der Waals surface area contributed by atoms with Gasteiger partial charge in [0.25, 0.3) is 0 Å². The van der Waals surface area contributed by atoms with E-state index < -0.39 is 0 Å². The lowest BCUT2D eigenvalue weighted by Gasteiger charge is -2.22. The normalized spacial score (nSPS) is 21.4. The second kappa shape index (κ2) is 4.23. The van der Waals surface area contributed by atoms with Crippen molar-refractivity contribution in [2.24, 2.45) is 0 Å². The third kappa shape index (κ3) is 1.94. The number of rotatable bonds is 2. The third-order valence-electron chi connectivity index (χ3n) is 2.76. The van der Waals surface area contributed by atoms with Crippen LogP contribution in [0.5, 0.6) is 0 Å². The summed E-state index contributed by atoms with van der Waals surface area (Å²) in [6, 6.07) is 8.15. The van der Waals surface area contributed by atoms with Crippen molar-refractivity contribution in [1.29, 1.82) is 0 Å². The molecule has 0 radical (unpaired) electrons. The molecule has 2 heterocycles. The molecule has 1 aliphatic heterocycles. The average Bonchev–Trinajstić information content (AvgIpc) is 2.72. The van der Waals surface area contributed by atoms with Gasteiger partial charge in [-0.25, -0.2) is 4.98 Å². The van der Waals surface area contributed by atoms with Gasteiger partial charge in [0, 0.05) is 19.0 Å². The summed E-state index contributed by atoms with van der Waals surface area (Å²) in [5.74, 6) is 0.782. The molecule has 1 aliphatic rings. The smallest absolute Gasteiger partial charge is 0.197 e. The van der Waals surface area contributed by atoms with Crippen molar-refractivity contribution >= 4 is 11.1 Å². The topological polar surface area (TPSA) is 47.3 Å². The Hall–Kier alpha value is -1.39. The highest BCUT2D eigenvalue weighted by Crippen LogP contribution is 2.16. The van der Waals surface area contributed by atoms with Crippen LogP contribution in [0, 0.1) is 0 Å². The molecule has 1 N–H and O–H groups in total. The predicted octanol–water partition coefficient (Wildman–Crippen LogP) is 1.36. The fourth-order valence-corrected chi connectivity index (χ4v) is 1.97. The summed E-state index contributed by atoms with van der Waals surface area (Å²) in [6.45, 7) is 2.44. The van der Waals surface area contributed by atoms with Gasteiger partial charge < -0.3 is 14.5 Å². The molecule has 1 unspecified atom stereocenters. The van der Waals surface area contributed by atoms with Gasteiger partial charge in [-0.15, -0.1) is 0 Å². The van der Waals surface area contributed by atoms with E-state index in [4.69, 9.17) is 9.15 Å². The van der Waals surface area contributed by atoms with E-state index in [9.17, 15) is 0 Å². The Balaban J connectivity index is 1.78. The first-order chi connectivity index (χ1) is 7.92. The number of oxazole rings is 1. The van der Waals surface area contributed by atoms with Crippen molar-refractivity contribution in [3.63, 3.8) is 0 Å². The van der Waals surface area contributed by atoms with Gasteiger partial charge in [0.15, 0.2) is 11.5 Å². The van der Waals surface area contributed by atoms with Crippen LogP contribution in [0.15, 0.2) is 28.7 Å². The van der Waals surface area contributed by atoms with Crippen LogP contribution in [0.1, 0.15) is 5.89 Å². The lowest BCUT2D eigenvalue weighted by Crippen LogP contribution is -2.42. The maximum absolute atomic E-state index is 5.66. The summed E-state index contributed by atoms with van der Waals surface area (Å²) in [7, 11) is 0. The van der Waals surface area contributed by atoms with Gasteiger partial charge in [-0.2, -0.15) is 0 Å². The number of aromatic nitrogens is 1. The zero-order valence-electron chi connectivity index (χ0n) is 8.98. The minimum Gasteiger partial charge on any atom is -0.441 e. The van der Waals surface area contributed by atoms with Crippen LogP contribution in [0.25, 0.3) is 11.1 Å². The maximum Gasteiger partial charge on any atom is 0.197 e. The molecule has 0 bridgehead atoms. The van der Waals surface area contributed by atoms with Gasteiger partial charge in [-0.05, 0) is 12.1 Å². The summed E-state index contributed by atoms with van der Waals surface area (Å²) in [5, 5.41) is 3.39. The standard InChI is InChI=1S/C12H14N2O2/c1-2-4-11-10(3-1)14-12(16-11)7-9-8-15-6-5-13-9/h1-4,9,13H,5-8H2. The molecule has 2 aromatic rings. The summed E-state index contributed by atoms with van der Waals surface area (Å²) in [4.78, 5) is 4.44. The highest BCUT2D eigenvalue weighted by molar-refractivity contribution is 5.72. The molecular formula is C12H14N2O2. The van der Waals surface area contributed by atoms with E-state index in [1.807, 2.05) is 24.3 Å². The molecule has 16 heavy (non-hydrogen) atoms. The van der Waals surface area contributed by atoms with Crippen molar-refractivity contribution < 1.29 is 9.15 Å². The Labute approximate surface area is 93.6 Å². The van der Waals surface area contributed by atoms with Crippen molar-refractivity contribution in [1.82, 2.24) is 10.3 Å². The average molecular weight is 218 g/mol. The number of morpholine rings is 1. The Kier molecular flexibility index (Phi) is 2.60. The molecule has 0 saturated carbocycles.